The van der Waals surface area contributed by atoms with E-state index >= 15 is 0 Å². The Morgan fingerprint density at radius 3 is 2.59 bits per heavy atom. The molecule has 0 heterocycles. The quantitative estimate of drug-likeness (QED) is 0.516. The van der Waals surface area contributed by atoms with Gasteiger partial charge in [0.15, 0.2) is 0 Å². The van der Waals surface area contributed by atoms with Crippen molar-refractivity contribution in [3.63, 3.8) is 0 Å². The van der Waals surface area contributed by atoms with Crippen LogP contribution in [0.1, 0.15) is 44.2 Å². The molecule has 0 aromatic heterocycles. The van der Waals surface area contributed by atoms with Gasteiger partial charge in [-0.3, -0.25) is 4.79 Å². The van der Waals surface area contributed by atoms with E-state index in [2.05, 4.69) is 19.1 Å². The second-order valence-electron chi connectivity index (χ2n) is 6.77. The van der Waals surface area contributed by atoms with Gasteiger partial charge in [-0.25, -0.2) is 0 Å². The second-order valence-corrected chi connectivity index (χ2v) is 7.92. The number of halogens is 3. The maximum Gasteiger partial charge on any atom is 0.389 e. The van der Waals surface area contributed by atoms with E-state index in [0.29, 0.717) is 31.1 Å². The van der Waals surface area contributed by atoms with E-state index in [1.165, 1.54) is 17.3 Å². The van der Waals surface area contributed by atoms with Crippen LogP contribution in [-0.4, -0.2) is 41.6 Å². The number of rotatable bonds is 12. The molecule has 0 bridgehead atoms. The van der Waals surface area contributed by atoms with Crippen LogP contribution in [0.2, 0.25) is 0 Å². The number of thioether (sulfide) groups is 1. The van der Waals surface area contributed by atoms with Crippen LogP contribution in [0.15, 0.2) is 24.3 Å². The Hall–Kier alpha value is -1.21. The summed E-state index contributed by atoms with van der Waals surface area (Å²) in [6.45, 7) is 5.58. The number of amides is 1. The van der Waals surface area contributed by atoms with E-state index in [4.69, 9.17) is 5.73 Å². The van der Waals surface area contributed by atoms with Crippen LogP contribution in [0, 0.1) is 5.92 Å². The molecule has 0 fully saturated rings. The highest BCUT2D eigenvalue weighted by molar-refractivity contribution is 7.99. The van der Waals surface area contributed by atoms with Crippen LogP contribution >= 0.6 is 11.8 Å². The van der Waals surface area contributed by atoms with Gasteiger partial charge in [0, 0.05) is 31.2 Å². The van der Waals surface area contributed by atoms with Gasteiger partial charge in [0.25, 0.3) is 0 Å². The van der Waals surface area contributed by atoms with Crippen molar-refractivity contribution >= 4 is 17.7 Å². The van der Waals surface area contributed by atoms with Crippen LogP contribution in [0.25, 0.3) is 0 Å². The highest BCUT2D eigenvalue weighted by Gasteiger charge is 2.26. The van der Waals surface area contributed by atoms with E-state index in [-0.39, 0.29) is 18.2 Å². The molecule has 0 saturated carbocycles. The largest absolute Gasteiger partial charge is 0.389 e. The number of nitrogens with two attached hydrogens (primary N) is 1. The molecule has 1 atom stereocenters. The number of benzene rings is 1. The number of hydrogen-bond donors (Lipinski definition) is 1. The second kappa shape index (κ2) is 12.3. The zero-order valence-corrected chi connectivity index (χ0v) is 17.0. The van der Waals surface area contributed by atoms with E-state index in [9.17, 15) is 18.0 Å². The predicted octanol–water partition coefficient (Wildman–Crippen LogP) is 4.64. The first-order valence-electron chi connectivity index (χ1n) is 9.48. The molecule has 0 aliphatic carbocycles. The lowest BCUT2D eigenvalue weighted by atomic mass is 10.1. The molecule has 1 rings (SSSR count). The van der Waals surface area contributed by atoms with Crippen molar-refractivity contribution in [1.29, 1.82) is 0 Å². The Kier molecular flexibility index (Phi) is 10.8. The monoisotopic (exact) mass is 404 g/mol. The number of aryl methyl sites for hydroxylation is 1. The molecule has 0 aliphatic rings. The molecule has 2 N–H and O–H groups in total. The zero-order valence-electron chi connectivity index (χ0n) is 16.2. The molecular formula is C20H31F3N2OS. The van der Waals surface area contributed by atoms with E-state index in [1.54, 1.807) is 0 Å². The number of carbonyl (C=O) groups excluding carboxylic acids is 1. The van der Waals surface area contributed by atoms with Gasteiger partial charge in [-0.15, -0.1) is 0 Å². The minimum Gasteiger partial charge on any atom is -0.338 e. The van der Waals surface area contributed by atoms with Crippen LogP contribution in [0.5, 0.6) is 0 Å². The molecule has 154 valence electrons. The molecular weight excluding hydrogens is 373 g/mol. The van der Waals surface area contributed by atoms with Crippen LogP contribution in [-0.2, 0) is 17.8 Å². The SMILES string of the molecule is CCc1cccc(CN(CCCN)C(=O)[C@H](C)CSCCCC(F)(F)F)c1. The fourth-order valence-electron chi connectivity index (χ4n) is 2.74. The maximum absolute atomic E-state index is 12.8. The lowest BCUT2D eigenvalue weighted by Crippen LogP contribution is -2.37. The number of alkyl halides is 3. The first-order valence-corrected chi connectivity index (χ1v) is 10.6. The van der Waals surface area contributed by atoms with Crippen LogP contribution in [0.3, 0.4) is 0 Å². The fraction of sp³-hybridized carbons (Fsp3) is 0.650. The summed E-state index contributed by atoms with van der Waals surface area (Å²) in [4.78, 5) is 14.6. The fourth-order valence-corrected chi connectivity index (χ4v) is 3.75. The van der Waals surface area contributed by atoms with Gasteiger partial charge in [0.2, 0.25) is 5.91 Å². The molecule has 7 heteroatoms. The van der Waals surface area contributed by atoms with Gasteiger partial charge in [-0.05, 0) is 42.7 Å². The standard InChI is InChI=1S/C20H31F3N2OS/c1-3-17-7-4-8-18(13-17)14-25(11-6-10-24)19(26)16(2)15-27-12-5-9-20(21,22)23/h4,7-8,13,16H,3,5-6,9-12,14-15,24H2,1-2H3/t16-/m1/s1. The Morgan fingerprint density at radius 2 is 1.96 bits per heavy atom. The summed E-state index contributed by atoms with van der Waals surface area (Å²) < 4.78 is 36.5. The van der Waals surface area contributed by atoms with Crippen molar-refractivity contribution in [2.45, 2.75) is 52.3 Å². The summed E-state index contributed by atoms with van der Waals surface area (Å²) in [6, 6.07) is 8.19. The van der Waals surface area contributed by atoms with Crippen molar-refractivity contribution in [2.75, 3.05) is 24.6 Å². The number of hydrogen-bond acceptors (Lipinski definition) is 3. The minimum absolute atomic E-state index is 0.0358. The van der Waals surface area contributed by atoms with Crippen molar-refractivity contribution in [1.82, 2.24) is 4.90 Å². The third-order valence-corrected chi connectivity index (χ3v) is 5.57. The van der Waals surface area contributed by atoms with Gasteiger partial charge in [-0.1, -0.05) is 38.1 Å². The first kappa shape index (κ1) is 23.8. The summed E-state index contributed by atoms with van der Waals surface area (Å²) in [7, 11) is 0. The van der Waals surface area contributed by atoms with Gasteiger partial charge in [-0.2, -0.15) is 24.9 Å². The van der Waals surface area contributed by atoms with Crippen molar-refractivity contribution in [2.24, 2.45) is 11.7 Å². The highest BCUT2D eigenvalue weighted by Crippen LogP contribution is 2.23. The van der Waals surface area contributed by atoms with Crippen LogP contribution < -0.4 is 5.73 Å². The number of carbonyl (C=O) groups is 1. The van der Waals surface area contributed by atoms with Gasteiger partial charge in [0.1, 0.15) is 0 Å². The van der Waals surface area contributed by atoms with Gasteiger partial charge >= 0.3 is 6.18 Å². The summed E-state index contributed by atoms with van der Waals surface area (Å²) >= 11 is 1.41. The topological polar surface area (TPSA) is 46.3 Å². The molecule has 0 radical (unpaired) electrons. The molecule has 27 heavy (non-hydrogen) atoms. The summed E-state index contributed by atoms with van der Waals surface area (Å²) in [5, 5.41) is 0. The molecule has 3 nitrogen and oxygen atoms in total. The lowest BCUT2D eigenvalue weighted by Gasteiger charge is -2.26. The molecule has 1 aromatic carbocycles. The normalized spacial score (nSPS) is 12.8. The Balaban J connectivity index is 2.57. The van der Waals surface area contributed by atoms with E-state index < -0.39 is 12.6 Å². The maximum atomic E-state index is 12.8. The highest BCUT2D eigenvalue weighted by atomic mass is 32.2. The zero-order chi connectivity index (χ0) is 20.3. The summed E-state index contributed by atoms with van der Waals surface area (Å²) in [5.74, 6) is 0.755. The first-order chi connectivity index (χ1) is 12.8. The van der Waals surface area contributed by atoms with Crippen molar-refractivity contribution < 1.29 is 18.0 Å². The molecule has 1 aromatic rings. The average molecular weight is 405 g/mol. The molecule has 1 amide bonds. The summed E-state index contributed by atoms with van der Waals surface area (Å²) in [5.41, 5.74) is 7.92. The van der Waals surface area contributed by atoms with Gasteiger partial charge < -0.3 is 10.6 Å². The average Bonchev–Trinajstić information content (AvgIpc) is 2.63. The van der Waals surface area contributed by atoms with Gasteiger partial charge in [0.05, 0.1) is 0 Å². The predicted molar refractivity (Wildman–Crippen MR) is 107 cm³/mol. The molecule has 0 aliphatic heterocycles. The Bertz CT molecular complexity index is 566. The van der Waals surface area contributed by atoms with Crippen molar-refractivity contribution in [3.8, 4) is 0 Å². The van der Waals surface area contributed by atoms with E-state index in [1.807, 2.05) is 24.0 Å². The van der Waals surface area contributed by atoms with E-state index in [0.717, 1.165) is 18.4 Å². The Morgan fingerprint density at radius 1 is 1.26 bits per heavy atom. The minimum atomic E-state index is -4.10. The smallest absolute Gasteiger partial charge is 0.338 e. The Labute approximate surface area is 164 Å². The molecule has 0 spiro atoms. The third-order valence-electron chi connectivity index (χ3n) is 4.26. The van der Waals surface area contributed by atoms with Crippen molar-refractivity contribution in [3.05, 3.63) is 35.4 Å². The molecule has 0 unspecified atom stereocenters. The van der Waals surface area contributed by atoms with Crippen LogP contribution in [0.4, 0.5) is 13.2 Å². The third kappa shape index (κ3) is 10.1. The number of nitrogens with zero attached hydrogens (tertiary/aromatic N) is 1. The molecule has 0 saturated heterocycles. The summed E-state index contributed by atoms with van der Waals surface area (Å²) in [6.07, 6.45) is -3.11. The lowest BCUT2D eigenvalue weighted by molar-refractivity contribution is -0.135.